The second-order valence-corrected chi connectivity index (χ2v) is 5.82. The molecule has 2 heterocycles. The Morgan fingerprint density at radius 3 is 2.64 bits per heavy atom. The first-order valence-corrected chi connectivity index (χ1v) is 7.63. The summed E-state index contributed by atoms with van der Waals surface area (Å²) in [5, 5.41) is 9.38. The zero-order chi connectivity index (χ0) is 15.5. The number of fused-ring (bicyclic) bond motifs is 1. The highest BCUT2D eigenvalue weighted by molar-refractivity contribution is 5.97. The van der Waals surface area contributed by atoms with Gasteiger partial charge in [-0.15, -0.1) is 0 Å². The molecule has 3 rings (SSSR count). The van der Waals surface area contributed by atoms with Gasteiger partial charge in [0.25, 0.3) is 5.91 Å². The van der Waals surface area contributed by atoms with Crippen molar-refractivity contribution < 1.29 is 4.79 Å². The first-order valence-electron chi connectivity index (χ1n) is 7.63. The van der Waals surface area contributed by atoms with Gasteiger partial charge in [-0.25, -0.2) is 0 Å². The predicted molar refractivity (Wildman–Crippen MR) is 85.3 cm³/mol. The molecule has 5 heteroatoms. The summed E-state index contributed by atoms with van der Waals surface area (Å²) in [5.41, 5.74) is 2.59. The Hall–Kier alpha value is -2.32. The van der Waals surface area contributed by atoms with Gasteiger partial charge in [-0.1, -0.05) is 18.2 Å². The van der Waals surface area contributed by atoms with Crippen LogP contribution in [-0.2, 0) is 11.2 Å². The highest BCUT2D eigenvalue weighted by Crippen LogP contribution is 2.28. The molecule has 0 aromatic heterocycles. The second kappa shape index (κ2) is 6.20. The molecule has 1 aromatic carbocycles. The first-order chi connectivity index (χ1) is 10.7. The molecule has 0 spiro atoms. The zero-order valence-electron chi connectivity index (χ0n) is 12.8. The number of carbonyl (C=O) groups is 1. The van der Waals surface area contributed by atoms with Crippen molar-refractivity contribution in [2.24, 2.45) is 0 Å². The van der Waals surface area contributed by atoms with E-state index in [0.717, 1.165) is 31.7 Å². The van der Waals surface area contributed by atoms with E-state index in [4.69, 9.17) is 0 Å². The number of rotatable bonds is 2. The van der Waals surface area contributed by atoms with Gasteiger partial charge in [-0.05, 0) is 25.1 Å². The molecule has 0 radical (unpaired) electrons. The van der Waals surface area contributed by atoms with Gasteiger partial charge >= 0.3 is 0 Å². The summed E-state index contributed by atoms with van der Waals surface area (Å²) in [4.78, 5) is 18.5. The van der Waals surface area contributed by atoms with E-state index in [1.54, 1.807) is 11.1 Å². The van der Waals surface area contributed by atoms with Crippen LogP contribution in [0.4, 0.5) is 5.69 Å². The summed E-state index contributed by atoms with van der Waals surface area (Å²) in [6.07, 6.45) is 2.67. The van der Waals surface area contributed by atoms with Crippen molar-refractivity contribution >= 4 is 11.6 Å². The minimum absolute atomic E-state index is 0.153. The number of piperazine rings is 1. The van der Waals surface area contributed by atoms with Gasteiger partial charge in [0.2, 0.25) is 0 Å². The summed E-state index contributed by atoms with van der Waals surface area (Å²) in [6, 6.07) is 10.2. The van der Waals surface area contributed by atoms with E-state index < -0.39 is 0 Å². The lowest BCUT2D eigenvalue weighted by Gasteiger charge is -2.32. The highest BCUT2D eigenvalue weighted by Gasteiger charge is 2.24. The molecule has 0 N–H and O–H groups in total. The van der Waals surface area contributed by atoms with Gasteiger partial charge in [-0.3, -0.25) is 4.79 Å². The fraction of sp³-hybridized carbons (Fsp3) is 0.412. The molecule has 1 aromatic rings. The van der Waals surface area contributed by atoms with Crippen molar-refractivity contribution in [3.63, 3.8) is 0 Å². The number of carbonyl (C=O) groups excluding carboxylic acids is 1. The van der Waals surface area contributed by atoms with E-state index in [2.05, 4.69) is 17.0 Å². The van der Waals surface area contributed by atoms with Gasteiger partial charge in [0.1, 0.15) is 11.6 Å². The lowest BCUT2D eigenvalue weighted by Crippen LogP contribution is -2.47. The molecule has 0 unspecified atom stereocenters. The molecule has 0 atom stereocenters. The fourth-order valence-corrected chi connectivity index (χ4v) is 2.97. The van der Waals surface area contributed by atoms with Crippen LogP contribution in [0.5, 0.6) is 0 Å². The topological polar surface area (TPSA) is 50.6 Å². The van der Waals surface area contributed by atoms with Crippen molar-refractivity contribution in [1.29, 1.82) is 5.26 Å². The number of hydrogen-bond acceptors (Lipinski definition) is 4. The number of hydrogen-bond donors (Lipinski definition) is 0. The van der Waals surface area contributed by atoms with Crippen LogP contribution in [0.2, 0.25) is 0 Å². The molecule has 0 bridgehead atoms. The molecule has 5 nitrogen and oxygen atoms in total. The van der Waals surface area contributed by atoms with E-state index in [1.807, 2.05) is 30.1 Å². The molecular formula is C17H20N4O. The summed E-state index contributed by atoms with van der Waals surface area (Å²) in [6.45, 7) is 3.91. The largest absolute Gasteiger partial charge is 0.346 e. The normalized spacial score (nSPS) is 19.0. The quantitative estimate of drug-likeness (QED) is 0.608. The molecule has 2 aliphatic heterocycles. The number of anilines is 1. The minimum Gasteiger partial charge on any atom is -0.346 e. The first kappa shape index (κ1) is 14.6. The maximum Gasteiger partial charge on any atom is 0.266 e. The van der Waals surface area contributed by atoms with Gasteiger partial charge in [-0.2, -0.15) is 5.26 Å². The Labute approximate surface area is 131 Å². The van der Waals surface area contributed by atoms with E-state index >= 15 is 0 Å². The summed E-state index contributed by atoms with van der Waals surface area (Å²) in [5.74, 6) is -0.153. The van der Waals surface area contributed by atoms with Crippen LogP contribution in [0.15, 0.2) is 36.0 Å². The van der Waals surface area contributed by atoms with Gasteiger partial charge in [0, 0.05) is 44.6 Å². The third kappa shape index (κ3) is 2.83. The van der Waals surface area contributed by atoms with Gasteiger partial charge < -0.3 is 14.7 Å². The van der Waals surface area contributed by atoms with Crippen LogP contribution in [0.25, 0.3) is 0 Å². The summed E-state index contributed by atoms with van der Waals surface area (Å²) in [7, 11) is 2.05. The number of amides is 1. The molecular weight excluding hydrogens is 276 g/mol. The Kier molecular flexibility index (Phi) is 4.12. The fourth-order valence-electron chi connectivity index (χ4n) is 2.97. The van der Waals surface area contributed by atoms with Crippen molar-refractivity contribution in [3.8, 4) is 6.07 Å². The van der Waals surface area contributed by atoms with Crippen molar-refractivity contribution in [1.82, 2.24) is 9.80 Å². The molecule has 22 heavy (non-hydrogen) atoms. The third-order valence-electron chi connectivity index (χ3n) is 4.35. The third-order valence-corrected chi connectivity index (χ3v) is 4.35. The molecule has 1 amide bonds. The number of benzene rings is 1. The van der Waals surface area contributed by atoms with Crippen LogP contribution in [0.3, 0.4) is 0 Å². The van der Waals surface area contributed by atoms with E-state index in [1.165, 1.54) is 5.56 Å². The van der Waals surface area contributed by atoms with E-state index in [-0.39, 0.29) is 11.5 Å². The average Bonchev–Trinajstić information content (AvgIpc) is 2.96. The maximum atomic E-state index is 12.5. The van der Waals surface area contributed by atoms with Crippen molar-refractivity contribution in [2.45, 2.75) is 6.42 Å². The number of para-hydroxylation sites is 1. The van der Waals surface area contributed by atoms with Crippen molar-refractivity contribution in [3.05, 3.63) is 41.6 Å². The highest BCUT2D eigenvalue weighted by atomic mass is 16.2. The Morgan fingerprint density at radius 2 is 1.91 bits per heavy atom. The lowest BCUT2D eigenvalue weighted by atomic mass is 10.2. The van der Waals surface area contributed by atoms with Gasteiger partial charge in [0.05, 0.1) is 0 Å². The number of nitrogens with zero attached hydrogens (tertiary/aromatic N) is 4. The molecule has 1 saturated heterocycles. The molecule has 1 fully saturated rings. The average molecular weight is 296 g/mol. The SMILES string of the molecule is CN1CCN(C(=O)/C(C#N)=C\N2CCc3ccccc32)CC1. The van der Waals surface area contributed by atoms with Crippen LogP contribution in [0, 0.1) is 11.3 Å². The van der Waals surface area contributed by atoms with Gasteiger partial charge in [0.15, 0.2) is 0 Å². The predicted octanol–water partition coefficient (Wildman–Crippen LogP) is 1.23. The van der Waals surface area contributed by atoms with Crippen LogP contribution in [-0.4, -0.2) is 55.5 Å². The standard InChI is InChI=1S/C17H20N4O/c1-19-8-10-20(11-9-19)17(22)15(12-18)13-21-7-6-14-4-2-3-5-16(14)21/h2-5,13H,6-11H2,1H3/b15-13-. The monoisotopic (exact) mass is 296 g/mol. The van der Waals surface area contributed by atoms with Crippen LogP contribution < -0.4 is 4.90 Å². The Morgan fingerprint density at radius 1 is 1.18 bits per heavy atom. The lowest BCUT2D eigenvalue weighted by molar-refractivity contribution is -0.128. The Bertz CT molecular complexity index is 638. The minimum atomic E-state index is -0.153. The second-order valence-electron chi connectivity index (χ2n) is 5.82. The smallest absolute Gasteiger partial charge is 0.266 e. The van der Waals surface area contributed by atoms with Crippen LogP contribution in [0.1, 0.15) is 5.56 Å². The molecule has 114 valence electrons. The molecule has 2 aliphatic rings. The number of nitriles is 1. The van der Waals surface area contributed by atoms with E-state index in [9.17, 15) is 10.1 Å². The summed E-state index contributed by atoms with van der Waals surface area (Å²) < 4.78 is 0. The summed E-state index contributed by atoms with van der Waals surface area (Å²) >= 11 is 0. The van der Waals surface area contributed by atoms with Crippen LogP contribution >= 0.6 is 0 Å². The maximum absolute atomic E-state index is 12.5. The molecule has 0 saturated carbocycles. The number of likely N-dealkylation sites (N-methyl/N-ethyl adjacent to an activating group) is 1. The molecule has 0 aliphatic carbocycles. The zero-order valence-corrected chi connectivity index (χ0v) is 12.8. The Balaban J connectivity index is 1.77. The van der Waals surface area contributed by atoms with Crippen molar-refractivity contribution in [2.75, 3.05) is 44.7 Å². The van der Waals surface area contributed by atoms with E-state index in [0.29, 0.717) is 13.1 Å².